The molecule has 0 atom stereocenters. The summed E-state index contributed by atoms with van der Waals surface area (Å²) in [4.78, 5) is 0. The molecule has 1 aliphatic heterocycles. The topological polar surface area (TPSA) is 9.23 Å². The third kappa shape index (κ3) is 2.49. The normalized spacial score (nSPS) is 16.7. The maximum absolute atomic E-state index is 12.8. The Balaban J connectivity index is 1.94. The Labute approximate surface area is 95.2 Å². The Kier molecular flexibility index (Phi) is 3.47. The lowest BCUT2D eigenvalue weighted by molar-refractivity contribution is 0.0455. The average Bonchev–Trinajstić information content (AvgIpc) is 2.05. The molecule has 0 N–H and O–H groups in total. The van der Waals surface area contributed by atoms with Gasteiger partial charge in [-0.2, -0.15) is 0 Å². The van der Waals surface area contributed by atoms with Crippen molar-refractivity contribution in [3.63, 3.8) is 0 Å². The van der Waals surface area contributed by atoms with Crippen LogP contribution >= 0.6 is 27.7 Å². The predicted octanol–water partition coefficient (Wildman–Crippen LogP) is 3.22. The third-order valence-corrected chi connectivity index (χ3v) is 4.06. The number of halogens is 2. The van der Waals surface area contributed by atoms with Crippen molar-refractivity contribution in [3.05, 3.63) is 34.1 Å². The molecule has 1 aromatic rings. The molecule has 14 heavy (non-hydrogen) atoms. The van der Waals surface area contributed by atoms with Crippen LogP contribution in [0.1, 0.15) is 5.56 Å². The number of rotatable bonds is 3. The number of benzene rings is 1. The van der Waals surface area contributed by atoms with Crippen LogP contribution in [0, 0.1) is 5.82 Å². The summed E-state index contributed by atoms with van der Waals surface area (Å²) in [6.07, 6.45) is 0. The molecule has 0 spiro atoms. The van der Waals surface area contributed by atoms with E-state index in [1.807, 2.05) is 17.8 Å². The minimum Gasteiger partial charge on any atom is -0.379 e. The molecule has 0 saturated carbocycles. The van der Waals surface area contributed by atoms with Crippen molar-refractivity contribution in [2.24, 2.45) is 0 Å². The molecule has 0 bridgehead atoms. The van der Waals surface area contributed by atoms with Gasteiger partial charge in [0.15, 0.2) is 0 Å². The second-order valence-corrected chi connectivity index (χ2v) is 5.35. The summed E-state index contributed by atoms with van der Waals surface area (Å²) >= 11 is 5.21. The van der Waals surface area contributed by atoms with Gasteiger partial charge in [0.25, 0.3) is 0 Å². The highest BCUT2D eigenvalue weighted by Gasteiger charge is 2.18. The molecule has 4 heteroatoms. The smallest absolute Gasteiger partial charge is 0.124 e. The summed E-state index contributed by atoms with van der Waals surface area (Å²) in [6, 6.07) is 4.83. The van der Waals surface area contributed by atoms with E-state index < -0.39 is 0 Å². The summed E-state index contributed by atoms with van der Waals surface area (Å²) in [6.45, 7) is 1.70. The standard InChI is InChI=1S/C10H10BrFOS/c11-10-3-8(12)2-1-7(10)6-14-9-4-13-5-9/h1-3,9H,4-6H2. The lowest BCUT2D eigenvalue weighted by Crippen LogP contribution is -2.30. The molecule has 76 valence electrons. The molecule has 1 nitrogen and oxygen atoms in total. The highest BCUT2D eigenvalue weighted by atomic mass is 79.9. The van der Waals surface area contributed by atoms with Crippen LogP contribution in [-0.2, 0) is 10.5 Å². The van der Waals surface area contributed by atoms with Crippen molar-refractivity contribution in [2.75, 3.05) is 13.2 Å². The third-order valence-electron chi connectivity index (χ3n) is 2.10. The van der Waals surface area contributed by atoms with Crippen LogP contribution in [0.3, 0.4) is 0 Å². The first-order valence-corrected chi connectivity index (χ1v) is 6.23. The summed E-state index contributed by atoms with van der Waals surface area (Å²) in [5, 5.41) is 0.618. The highest BCUT2D eigenvalue weighted by Crippen LogP contribution is 2.27. The predicted molar refractivity (Wildman–Crippen MR) is 60.0 cm³/mol. The lowest BCUT2D eigenvalue weighted by atomic mass is 10.2. The van der Waals surface area contributed by atoms with Gasteiger partial charge in [-0.3, -0.25) is 0 Å². The fraction of sp³-hybridized carbons (Fsp3) is 0.400. The first-order valence-electron chi connectivity index (χ1n) is 4.39. The second-order valence-electron chi connectivity index (χ2n) is 3.21. The van der Waals surface area contributed by atoms with E-state index in [-0.39, 0.29) is 5.82 Å². The SMILES string of the molecule is Fc1ccc(CSC2COC2)c(Br)c1. The van der Waals surface area contributed by atoms with Crippen LogP contribution in [0.5, 0.6) is 0 Å². The molecule has 1 aromatic carbocycles. The Bertz CT molecular complexity index is 328. The molecule has 0 unspecified atom stereocenters. The maximum Gasteiger partial charge on any atom is 0.124 e. The Morgan fingerprint density at radius 3 is 2.86 bits per heavy atom. The van der Waals surface area contributed by atoms with E-state index in [2.05, 4.69) is 15.9 Å². The van der Waals surface area contributed by atoms with E-state index in [1.165, 1.54) is 12.1 Å². The van der Waals surface area contributed by atoms with Gasteiger partial charge in [0.05, 0.1) is 18.5 Å². The number of hydrogen-bond donors (Lipinski definition) is 0. The van der Waals surface area contributed by atoms with Crippen molar-refractivity contribution in [2.45, 2.75) is 11.0 Å². The van der Waals surface area contributed by atoms with Gasteiger partial charge in [0.2, 0.25) is 0 Å². The quantitative estimate of drug-likeness (QED) is 0.839. The molecular formula is C10H10BrFOS. The van der Waals surface area contributed by atoms with E-state index >= 15 is 0 Å². The van der Waals surface area contributed by atoms with Gasteiger partial charge < -0.3 is 4.74 Å². The van der Waals surface area contributed by atoms with E-state index in [0.717, 1.165) is 29.0 Å². The molecule has 0 amide bonds. The van der Waals surface area contributed by atoms with Gasteiger partial charge in [-0.05, 0) is 17.7 Å². The Hall–Kier alpha value is -0.0600. The molecule has 0 radical (unpaired) electrons. The summed E-state index contributed by atoms with van der Waals surface area (Å²) in [5.74, 6) is 0.715. The summed E-state index contributed by atoms with van der Waals surface area (Å²) in [5.41, 5.74) is 1.14. The van der Waals surface area contributed by atoms with Gasteiger partial charge in [-0.25, -0.2) is 4.39 Å². The van der Waals surface area contributed by atoms with Crippen LogP contribution in [0.4, 0.5) is 4.39 Å². The van der Waals surface area contributed by atoms with E-state index in [4.69, 9.17) is 4.74 Å². The van der Waals surface area contributed by atoms with Gasteiger partial charge in [-0.15, -0.1) is 11.8 Å². The number of hydrogen-bond acceptors (Lipinski definition) is 2. The first-order chi connectivity index (χ1) is 6.75. The molecule has 0 aromatic heterocycles. The Morgan fingerprint density at radius 1 is 1.50 bits per heavy atom. The summed E-state index contributed by atoms with van der Waals surface area (Å²) in [7, 11) is 0. The van der Waals surface area contributed by atoms with Gasteiger partial charge in [-0.1, -0.05) is 22.0 Å². The van der Waals surface area contributed by atoms with Crippen LogP contribution in [0.15, 0.2) is 22.7 Å². The van der Waals surface area contributed by atoms with Crippen molar-refractivity contribution >= 4 is 27.7 Å². The van der Waals surface area contributed by atoms with E-state index in [9.17, 15) is 4.39 Å². The van der Waals surface area contributed by atoms with Gasteiger partial charge >= 0.3 is 0 Å². The molecule has 1 heterocycles. The van der Waals surface area contributed by atoms with Gasteiger partial charge in [0, 0.05) is 10.2 Å². The van der Waals surface area contributed by atoms with Crippen molar-refractivity contribution in [1.29, 1.82) is 0 Å². The average molecular weight is 277 g/mol. The number of ether oxygens (including phenoxy) is 1. The molecule has 2 rings (SSSR count). The zero-order chi connectivity index (χ0) is 9.97. The number of thioether (sulfide) groups is 1. The van der Waals surface area contributed by atoms with Crippen LogP contribution in [-0.4, -0.2) is 18.5 Å². The van der Waals surface area contributed by atoms with E-state index in [1.54, 1.807) is 0 Å². The molecule has 1 fully saturated rings. The minimum atomic E-state index is -0.197. The fourth-order valence-electron chi connectivity index (χ4n) is 1.16. The molecule has 1 saturated heterocycles. The van der Waals surface area contributed by atoms with Gasteiger partial charge in [0.1, 0.15) is 5.82 Å². The minimum absolute atomic E-state index is 0.197. The van der Waals surface area contributed by atoms with Crippen molar-refractivity contribution in [3.8, 4) is 0 Å². The van der Waals surface area contributed by atoms with Crippen molar-refractivity contribution < 1.29 is 9.13 Å². The van der Waals surface area contributed by atoms with Crippen LogP contribution in [0.2, 0.25) is 0 Å². The second kappa shape index (κ2) is 4.64. The van der Waals surface area contributed by atoms with Crippen LogP contribution < -0.4 is 0 Å². The fourth-order valence-corrected chi connectivity index (χ4v) is 2.89. The Morgan fingerprint density at radius 2 is 2.29 bits per heavy atom. The van der Waals surface area contributed by atoms with Crippen LogP contribution in [0.25, 0.3) is 0 Å². The largest absolute Gasteiger partial charge is 0.379 e. The zero-order valence-corrected chi connectivity index (χ0v) is 9.91. The summed E-state index contributed by atoms with van der Waals surface area (Å²) < 4.78 is 18.7. The lowest BCUT2D eigenvalue weighted by Gasteiger charge is -2.25. The molecule has 1 aliphatic rings. The zero-order valence-electron chi connectivity index (χ0n) is 7.50. The first kappa shape index (κ1) is 10.5. The molecular weight excluding hydrogens is 267 g/mol. The monoisotopic (exact) mass is 276 g/mol. The van der Waals surface area contributed by atoms with E-state index in [0.29, 0.717) is 5.25 Å². The maximum atomic E-state index is 12.8. The highest BCUT2D eigenvalue weighted by molar-refractivity contribution is 9.10. The molecule has 0 aliphatic carbocycles. The van der Waals surface area contributed by atoms with Crippen molar-refractivity contribution in [1.82, 2.24) is 0 Å².